The fourth-order valence-corrected chi connectivity index (χ4v) is 8.41. The van der Waals surface area contributed by atoms with Crippen LogP contribution in [0.1, 0.15) is 33.4 Å². The summed E-state index contributed by atoms with van der Waals surface area (Å²) in [6, 6.07) is 41.3. The lowest BCUT2D eigenvalue weighted by molar-refractivity contribution is -0.137. The third-order valence-corrected chi connectivity index (χ3v) is 10.9. The molecule has 7 aromatic carbocycles. The lowest BCUT2D eigenvalue weighted by atomic mass is 9.91. The van der Waals surface area contributed by atoms with Crippen molar-refractivity contribution in [3.63, 3.8) is 0 Å². The van der Waals surface area contributed by atoms with E-state index in [-0.39, 0.29) is 5.56 Å². The molecule has 2 aromatic heterocycles. The van der Waals surface area contributed by atoms with Crippen molar-refractivity contribution < 1.29 is 13.2 Å². The van der Waals surface area contributed by atoms with Gasteiger partial charge in [-0.25, -0.2) is 4.85 Å². The van der Waals surface area contributed by atoms with Gasteiger partial charge in [0.05, 0.1) is 39.9 Å². The van der Waals surface area contributed by atoms with E-state index in [0.29, 0.717) is 27.9 Å². The number of fused-ring (bicyclic) bond motifs is 6. The van der Waals surface area contributed by atoms with Crippen LogP contribution < -0.4 is 0 Å². The predicted molar refractivity (Wildman–Crippen MR) is 221 cm³/mol. The quantitative estimate of drug-likeness (QED) is 0.161. The Labute approximate surface area is 317 Å². The summed E-state index contributed by atoms with van der Waals surface area (Å²) in [5.74, 6) is 0. The van der Waals surface area contributed by atoms with Gasteiger partial charge >= 0.3 is 6.18 Å². The smallest absolute Gasteiger partial charge is 0.309 e. The monoisotopic (exact) mass is 723 g/mol. The van der Waals surface area contributed by atoms with Crippen molar-refractivity contribution in [2.45, 2.75) is 40.8 Å². The summed E-state index contributed by atoms with van der Waals surface area (Å²) in [7, 11) is 0. The van der Waals surface area contributed by atoms with Gasteiger partial charge in [0.2, 0.25) is 0 Å². The average molecular weight is 724 g/mol. The van der Waals surface area contributed by atoms with E-state index in [1.54, 1.807) is 19.1 Å². The van der Waals surface area contributed by atoms with Crippen LogP contribution in [0.5, 0.6) is 0 Å². The number of hydrogen-bond donors (Lipinski definition) is 0. The van der Waals surface area contributed by atoms with Crippen LogP contribution in [0.4, 0.5) is 18.9 Å². The summed E-state index contributed by atoms with van der Waals surface area (Å²) < 4.78 is 48.3. The second kappa shape index (κ2) is 12.5. The first-order chi connectivity index (χ1) is 26.4. The fraction of sp³-hybridized carbons (Fsp3) is 0.122. The topological polar surface area (TPSA) is 14.2 Å². The third-order valence-electron chi connectivity index (χ3n) is 10.9. The second-order valence-electron chi connectivity index (χ2n) is 14.8. The first-order valence-corrected chi connectivity index (χ1v) is 18.3. The highest BCUT2D eigenvalue weighted by molar-refractivity contribution is 6.11. The number of hydrogen-bond acceptors (Lipinski definition) is 0. The molecule has 0 spiro atoms. The van der Waals surface area contributed by atoms with Gasteiger partial charge in [-0.15, -0.1) is 0 Å². The molecule has 0 fully saturated rings. The highest BCUT2D eigenvalue weighted by atomic mass is 19.4. The Hall–Kier alpha value is -6.58. The van der Waals surface area contributed by atoms with Crippen LogP contribution in [0.3, 0.4) is 0 Å². The largest absolute Gasteiger partial charge is 0.417 e. The first-order valence-electron chi connectivity index (χ1n) is 18.3. The predicted octanol–water partition coefficient (Wildman–Crippen LogP) is 14.3. The minimum absolute atomic E-state index is 0.130. The highest BCUT2D eigenvalue weighted by Crippen LogP contribution is 2.45. The van der Waals surface area contributed by atoms with Gasteiger partial charge < -0.3 is 9.13 Å². The fourth-order valence-electron chi connectivity index (χ4n) is 8.41. The van der Waals surface area contributed by atoms with Crippen LogP contribution in [0.2, 0.25) is 0 Å². The normalized spacial score (nSPS) is 12.0. The van der Waals surface area contributed by atoms with Crippen molar-refractivity contribution in [2.24, 2.45) is 0 Å². The van der Waals surface area contributed by atoms with Gasteiger partial charge in [-0.05, 0) is 141 Å². The van der Waals surface area contributed by atoms with E-state index in [1.165, 1.54) is 6.07 Å². The van der Waals surface area contributed by atoms with Crippen molar-refractivity contribution in [2.75, 3.05) is 0 Å². The first kappa shape index (κ1) is 34.2. The molecule has 9 rings (SSSR count). The molecule has 0 bridgehead atoms. The van der Waals surface area contributed by atoms with Gasteiger partial charge in [0.15, 0.2) is 5.69 Å². The molecule has 0 aliphatic rings. The molecule has 0 aliphatic carbocycles. The van der Waals surface area contributed by atoms with Crippen molar-refractivity contribution in [3.05, 3.63) is 172 Å². The van der Waals surface area contributed by atoms with Crippen molar-refractivity contribution >= 4 is 49.3 Å². The van der Waals surface area contributed by atoms with E-state index in [1.807, 2.05) is 30.3 Å². The summed E-state index contributed by atoms with van der Waals surface area (Å²) in [6.45, 7) is 18.4. The molecule has 0 amide bonds. The molecule has 0 radical (unpaired) electrons. The lowest BCUT2D eigenvalue weighted by Gasteiger charge is -2.20. The molecule has 0 atom stereocenters. The Morgan fingerprint density at radius 2 is 1.02 bits per heavy atom. The Balaban J connectivity index is 1.40. The molecule has 0 unspecified atom stereocenters. The van der Waals surface area contributed by atoms with Crippen LogP contribution in [0, 0.1) is 41.2 Å². The van der Waals surface area contributed by atoms with E-state index < -0.39 is 11.7 Å². The third kappa shape index (κ3) is 5.50. The lowest BCUT2D eigenvalue weighted by Crippen LogP contribution is -2.08. The summed E-state index contributed by atoms with van der Waals surface area (Å²) in [5, 5.41) is 4.43. The van der Waals surface area contributed by atoms with Gasteiger partial charge in [-0.3, -0.25) is 0 Å². The van der Waals surface area contributed by atoms with Gasteiger partial charge in [-0.2, -0.15) is 13.2 Å². The molecule has 0 N–H and O–H groups in total. The molecule has 0 aliphatic heterocycles. The molecule has 268 valence electrons. The molecule has 55 heavy (non-hydrogen) atoms. The molecule has 9 aromatic rings. The summed E-state index contributed by atoms with van der Waals surface area (Å²) >= 11 is 0. The molecule has 6 heteroatoms. The maximum Gasteiger partial charge on any atom is 0.417 e. The van der Waals surface area contributed by atoms with E-state index in [4.69, 9.17) is 6.57 Å². The molecule has 3 nitrogen and oxygen atoms in total. The number of aryl methyl sites for hydroxylation is 5. The SMILES string of the molecule is [C-]#[N+]c1ccc(-n2c3ccc(C)cc3c3cc(C)ccc32)cc1-c1cc(-c2c(C)cccc2C(F)(F)F)ccc1-n1c2ccc(C)cc2c2cc(C)ccc21. The van der Waals surface area contributed by atoms with Gasteiger partial charge in [0.1, 0.15) is 0 Å². The molecular formula is C49H36F3N3. The number of aromatic nitrogens is 2. The number of alkyl halides is 3. The Bertz CT molecular complexity index is 2980. The Morgan fingerprint density at radius 1 is 0.509 bits per heavy atom. The number of nitrogens with zero attached hydrogens (tertiary/aromatic N) is 3. The standard InChI is InChI=1S/C49H36F3N3/c1-28-10-17-43-36(22-28)37-23-29(2)11-18-44(37)54(43)34-15-16-42(53-6)35(27-34)40-26-33(48-32(5)8-7-9-41(48)49(50,51)52)14-21-47(40)55-45-19-12-30(3)24-38(45)39-25-31(4)13-20-46(39)55/h7-27H,1-5H3. The molecule has 0 saturated heterocycles. The maximum absolute atomic E-state index is 14.6. The van der Waals surface area contributed by atoms with Crippen LogP contribution in [0.15, 0.2) is 127 Å². The van der Waals surface area contributed by atoms with Crippen LogP contribution in [-0.2, 0) is 6.18 Å². The number of benzene rings is 7. The van der Waals surface area contributed by atoms with Crippen molar-refractivity contribution in [1.82, 2.24) is 9.13 Å². The molecule has 0 saturated carbocycles. The molecular weight excluding hydrogens is 688 g/mol. The maximum atomic E-state index is 14.6. The Morgan fingerprint density at radius 3 is 1.51 bits per heavy atom. The molecule has 2 heterocycles. The van der Waals surface area contributed by atoms with Crippen LogP contribution >= 0.6 is 0 Å². The zero-order chi connectivity index (χ0) is 38.3. The highest BCUT2D eigenvalue weighted by Gasteiger charge is 2.34. The van der Waals surface area contributed by atoms with Crippen molar-refractivity contribution in [3.8, 4) is 33.6 Å². The van der Waals surface area contributed by atoms with Crippen molar-refractivity contribution in [1.29, 1.82) is 0 Å². The zero-order valence-corrected chi connectivity index (χ0v) is 31.1. The number of halogens is 3. The van der Waals surface area contributed by atoms with Crippen LogP contribution in [-0.4, -0.2) is 9.13 Å². The Kier molecular flexibility index (Phi) is 7.77. The average Bonchev–Trinajstić information content (AvgIpc) is 3.64. The van der Waals surface area contributed by atoms with Gasteiger partial charge in [-0.1, -0.05) is 70.8 Å². The van der Waals surface area contributed by atoms with E-state index >= 15 is 0 Å². The summed E-state index contributed by atoms with van der Waals surface area (Å²) in [6.07, 6.45) is -4.56. The summed E-state index contributed by atoms with van der Waals surface area (Å²) in [4.78, 5) is 4.02. The van der Waals surface area contributed by atoms with Crippen LogP contribution in [0.25, 0.3) is 82.1 Å². The summed E-state index contributed by atoms with van der Waals surface area (Å²) in [5.41, 5.74) is 12.3. The van der Waals surface area contributed by atoms with Gasteiger partial charge in [0.25, 0.3) is 0 Å². The zero-order valence-electron chi connectivity index (χ0n) is 31.1. The van der Waals surface area contributed by atoms with E-state index in [9.17, 15) is 13.2 Å². The number of rotatable bonds is 4. The van der Waals surface area contributed by atoms with E-state index in [2.05, 4.69) is 114 Å². The van der Waals surface area contributed by atoms with Gasteiger partial charge in [0, 0.05) is 27.2 Å². The van der Waals surface area contributed by atoms with E-state index in [0.717, 1.165) is 83.3 Å². The second-order valence-corrected chi connectivity index (χ2v) is 14.8. The minimum Gasteiger partial charge on any atom is -0.309 e. The minimum atomic E-state index is -4.56.